The number of hydrogen-bond acceptors (Lipinski definition) is 3. The predicted molar refractivity (Wildman–Crippen MR) is 74.0 cm³/mol. The largest absolute Gasteiger partial charge is 0.496 e. The lowest BCUT2D eigenvalue weighted by atomic mass is 10.0. The summed E-state index contributed by atoms with van der Waals surface area (Å²) in [5, 5.41) is 7.69. The Bertz CT molecular complexity index is 551. The maximum absolute atomic E-state index is 6.05. The molecule has 96 valence electrons. The van der Waals surface area contributed by atoms with Crippen LogP contribution in [0.4, 0.5) is 5.82 Å². The Kier molecular flexibility index (Phi) is 3.77. The van der Waals surface area contributed by atoms with Crippen molar-refractivity contribution >= 4 is 17.4 Å². The van der Waals surface area contributed by atoms with Crippen LogP contribution < -0.4 is 10.5 Å². The van der Waals surface area contributed by atoms with Crippen LogP contribution in [-0.4, -0.2) is 17.3 Å². The molecule has 0 aliphatic rings. The predicted octanol–water partition coefficient (Wildman–Crippen LogP) is 3.27. The zero-order valence-electron chi connectivity index (χ0n) is 10.5. The van der Waals surface area contributed by atoms with Crippen molar-refractivity contribution in [3.63, 3.8) is 0 Å². The van der Waals surface area contributed by atoms with E-state index in [1.807, 2.05) is 12.1 Å². The number of anilines is 1. The lowest BCUT2D eigenvalue weighted by Crippen LogP contribution is -1.94. The molecule has 1 aromatic heterocycles. The smallest absolute Gasteiger partial charge is 0.153 e. The van der Waals surface area contributed by atoms with Crippen LogP contribution in [0.15, 0.2) is 18.2 Å². The molecule has 1 aromatic carbocycles. The molecule has 5 heteroatoms. The van der Waals surface area contributed by atoms with Crippen molar-refractivity contribution in [2.75, 3.05) is 12.8 Å². The van der Waals surface area contributed by atoms with Gasteiger partial charge in [0.15, 0.2) is 5.82 Å². The van der Waals surface area contributed by atoms with Gasteiger partial charge in [0.2, 0.25) is 0 Å². The SMILES string of the molecule is CCCc1[nH]nc(N)c1-c1cc(Cl)ccc1OC. The fourth-order valence-corrected chi connectivity index (χ4v) is 2.17. The van der Waals surface area contributed by atoms with Crippen LogP contribution in [0.25, 0.3) is 11.1 Å². The number of halogens is 1. The van der Waals surface area contributed by atoms with Gasteiger partial charge >= 0.3 is 0 Å². The van der Waals surface area contributed by atoms with Gasteiger partial charge in [0, 0.05) is 16.3 Å². The van der Waals surface area contributed by atoms with Crippen LogP contribution in [0.1, 0.15) is 19.0 Å². The summed E-state index contributed by atoms with van der Waals surface area (Å²) in [7, 11) is 1.63. The second-order valence-corrected chi connectivity index (χ2v) is 4.49. The van der Waals surface area contributed by atoms with Gasteiger partial charge in [-0.05, 0) is 24.6 Å². The molecule has 0 bridgehead atoms. The van der Waals surface area contributed by atoms with Crippen molar-refractivity contribution in [1.29, 1.82) is 0 Å². The zero-order valence-corrected chi connectivity index (χ0v) is 11.2. The number of nitrogens with one attached hydrogen (secondary N) is 1. The number of H-pyrrole nitrogens is 1. The van der Waals surface area contributed by atoms with Crippen LogP contribution in [0.2, 0.25) is 5.02 Å². The van der Waals surface area contributed by atoms with E-state index < -0.39 is 0 Å². The summed E-state index contributed by atoms with van der Waals surface area (Å²) in [4.78, 5) is 0. The first kappa shape index (κ1) is 12.8. The lowest BCUT2D eigenvalue weighted by molar-refractivity contribution is 0.416. The van der Waals surface area contributed by atoms with Gasteiger partial charge in [-0.15, -0.1) is 0 Å². The molecule has 2 rings (SSSR count). The molecule has 0 radical (unpaired) electrons. The van der Waals surface area contributed by atoms with E-state index in [0.29, 0.717) is 10.8 Å². The normalized spacial score (nSPS) is 10.6. The van der Waals surface area contributed by atoms with E-state index in [4.69, 9.17) is 22.1 Å². The fraction of sp³-hybridized carbons (Fsp3) is 0.308. The number of aromatic amines is 1. The maximum atomic E-state index is 6.05. The summed E-state index contributed by atoms with van der Waals surface area (Å²) < 4.78 is 5.36. The molecule has 0 aliphatic carbocycles. The standard InChI is InChI=1S/C13H16ClN3O/c1-3-4-10-12(13(15)17-16-10)9-7-8(14)5-6-11(9)18-2/h5-7H,3-4H2,1-2H3,(H3,15,16,17). The van der Waals surface area contributed by atoms with Crippen LogP contribution in [0.5, 0.6) is 5.75 Å². The first-order valence-electron chi connectivity index (χ1n) is 5.84. The highest BCUT2D eigenvalue weighted by molar-refractivity contribution is 6.31. The van der Waals surface area contributed by atoms with E-state index in [0.717, 1.165) is 35.4 Å². The Hall–Kier alpha value is -1.68. The number of ether oxygens (including phenoxy) is 1. The minimum atomic E-state index is 0.471. The number of rotatable bonds is 4. The summed E-state index contributed by atoms with van der Waals surface area (Å²) in [6, 6.07) is 5.47. The lowest BCUT2D eigenvalue weighted by Gasteiger charge is -2.10. The van der Waals surface area contributed by atoms with Gasteiger partial charge in [-0.1, -0.05) is 24.9 Å². The van der Waals surface area contributed by atoms with E-state index >= 15 is 0 Å². The monoisotopic (exact) mass is 265 g/mol. The third kappa shape index (κ3) is 2.29. The van der Waals surface area contributed by atoms with Crippen molar-refractivity contribution in [3.05, 3.63) is 28.9 Å². The average molecular weight is 266 g/mol. The number of aryl methyl sites for hydroxylation is 1. The molecule has 4 nitrogen and oxygen atoms in total. The number of nitrogens with two attached hydrogens (primary N) is 1. The van der Waals surface area contributed by atoms with Crippen LogP contribution in [0, 0.1) is 0 Å². The second-order valence-electron chi connectivity index (χ2n) is 4.06. The Morgan fingerprint density at radius 2 is 2.22 bits per heavy atom. The topological polar surface area (TPSA) is 63.9 Å². The van der Waals surface area contributed by atoms with Gasteiger partial charge in [0.25, 0.3) is 0 Å². The molecule has 0 unspecified atom stereocenters. The Morgan fingerprint density at radius 1 is 1.44 bits per heavy atom. The van der Waals surface area contributed by atoms with Gasteiger partial charge in [-0.25, -0.2) is 0 Å². The molecule has 0 aliphatic heterocycles. The highest BCUT2D eigenvalue weighted by Crippen LogP contribution is 2.37. The Morgan fingerprint density at radius 3 is 2.89 bits per heavy atom. The third-order valence-corrected chi connectivity index (χ3v) is 3.04. The van der Waals surface area contributed by atoms with Crippen LogP contribution in [0.3, 0.4) is 0 Å². The quantitative estimate of drug-likeness (QED) is 0.892. The second kappa shape index (κ2) is 5.31. The summed E-state index contributed by atoms with van der Waals surface area (Å²) >= 11 is 6.05. The Labute approximate surface area is 111 Å². The summed E-state index contributed by atoms with van der Waals surface area (Å²) in [6.07, 6.45) is 1.90. The molecule has 3 N–H and O–H groups in total. The minimum Gasteiger partial charge on any atom is -0.496 e. The summed E-state index contributed by atoms with van der Waals surface area (Å²) in [6.45, 7) is 2.11. The number of hydrogen-bond donors (Lipinski definition) is 2. The van der Waals surface area contributed by atoms with Crippen molar-refractivity contribution in [2.45, 2.75) is 19.8 Å². The molecule has 1 heterocycles. The number of methoxy groups -OCH3 is 1. The van der Waals surface area contributed by atoms with E-state index in [1.54, 1.807) is 13.2 Å². The minimum absolute atomic E-state index is 0.471. The number of nitrogens with zero attached hydrogens (tertiary/aromatic N) is 1. The van der Waals surface area contributed by atoms with Crippen molar-refractivity contribution < 1.29 is 4.74 Å². The number of nitrogen functional groups attached to an aromatic ring is 1. The highest BCUT2D eigenvalue weighted by atomic mass is 35.5. The van der Waals surface area contributed by atoms with Crippen molar-refractivity contribution in [3.8, 4) is 16.9 Å². The molecular formula is C13H16ClN3O. The molecule has 0 saturated heterocycles. The molecular weight excluding hydrogens is 250 g/mol. The molecule has 0 fully saturated rings. The molecule has 0 spiro atoms. The van der Waals surface area contributed by atoms with Gasteiger partial charge in [-0.2, -0.15) is 5.10 Å². The summed E-state index contributed by atoms with van der Waals surface area (Å²) in [5.41, 5.74) is 8.71. The Balaban J connectivity index is 2.60. The van der Waals surface area contributed by atoms with Gasteiger partial charge in [0.1, 0.15) is 5.75 Å². The molecule has 0 amide bonds. The highest BCUT2D eigenvalue weighted by Gasteiger charge is 2.16. The van der Waals surface area contributed by atoms with Crippen molar-refractivity contribution in [1.82, 2.24) is 10.2 Å². The van der Waals surface area contributed by atoms with Crippen LogP contribution >= 0.6 is 11.6 Å². The van der Waals surface area contributed by atoms with Crippen LogP contribution in [-0.2, 0) is 6.42 Å². The number of benzene rings is 1. The van der Waals surface area contributed by atoms with E-state index in [1.165, 1.54) is 0 Å². The van der Waals surface area contributed by atoms with E-state index in [9.17, 15) is 0 Å². The number of aromatic nitrogens is 2. The third-order valence-electron chi connectivity index (χ3n) is 2.80. The molecule has 18 heavy (non-hydrogen) atoms. The summed E-state index contributed by atoms with van der Waals surface area (Å²) in [5.74, 6) is 1.21. The fourth-order valence-electron chi connectivity index (χ4n) is 2.00. The van der Waals surface area contributed by atoms with Crippen molar-refractivity contribution in [2.24, 2.45) is 0 Å². The van der Waals surface area contributed by atoms with E-state index in [2.05, 4.69) is 17.1 Å². The van der Waals surface area contributed by atoms with E-state index in [-0.39, 0.29) is 0 Å². The first-order chi connectivity index (χ1) is 8.67. The van der Waals surface area contributed by atoms with Gasteiger partial charge < -0.3 is 10.5 Å². The van der Waals surface area contributed by atoms with Gasteiger partial charge in [-0.3, -0.25) is 5.10 Å². The molecule has 2 aromatic rings. The maximum Gasteiger partial charge on any atom is 0.153 e. The first-order valence-corrected chi connectivity index (χ1v) is 6.21. The average Bonchev–Trinajstić information content (AvgIpc) is 2.71. The molecule has 0 saturated carbocycles. The molecule has 0 atom stereocenters. The zero-order chi connectivity index (χ0) is 13.1. The van der Waals surface area contributed by atoms with Gasteiger partial charge in [0.05, 0.1) is 12.7 Å².